The highest BCUT2D eigenvalue weighted by molar-refractivity contribution is 5.76. The smallest absolute Gasteiger partial charge is 0.305 e. The van der Waals surface area contributed by atoms with Crippen molar-refractivity contribution in [3.63, 3.8) is 0 Å². The molecular weight excluding hydrogens is 1110 g/mol. The quantitative estimate of drug-likeness (QED) is 0.0320. The number of amides is 1. The molecule has 0 fully saturated rings. The Labute approximate surface area is 571 Å². The number of aliphatic hydroxyl groups excluding tert-OH is 2. The van der Waals surface area contributed by atoms with Crippen LogP contribution in [0.5, 0.6) is 0 Å². The van der Waals surface area contributed by atoms with Crippen LogP contribution in [-0.2, 0) is 14.3 Å². The fourth-order valence-electron chi connectivity index (χ4n) is 13.6. The molecule has 0 aromatic heterocycles. The average Bonchev–Trinajstić information content (AvgIpc) is 3.63. The highest BCUT2D eigenvalue weighted by Gasteiger charge is 2.18. The van der Waals surface area contributed by atoms with E-state index in [2.05, 4.69) is 31.3 Å². The third-order valence-corrected chi connectivity index (χ3v) is 20.0. The SMILES string of the molecule is CCCCCCCCCCCCCCCCCCCC/C=C/C(O)C(CO)NC(=O)CCCCCCCCCCCCCCCCCCC/C=C\CCCCCCCCCCCCCCCCCCCCOC(=O)CCCCCCCCCCCCCCCCC. The number of carbonyl (C=O) groups excluding carboxylic acids is 2. The normalized spacial score (nSPS) is 12.5. The first-order valence-corrected chi connectivity index (χ1v) is 42.1. The molecule has 0 saturated carbocycles. The highest BCUT2D eigenvalue weighted by atomic mass is 16.5. The predicted octanol–water partition coefficient (Wildman–Crippen LogP) is 28.0. The largest absolute Gasteiger partial charge is 0.466 e. The highest BCUT2D eigenvalue weighted by Crippen LogP contribution is 2.20. The topological polar surface area (TPSA) is 95.9 Å². The molecule has 0 heterocycles. The van der Waals surface area contributed by atoms with E-state index in [0.717, 1.165) is 38.5 Å². The average molecular weight is 1280 g/mol. The third-order valence-electron chi connectivity index (χ3n) is 20.0. The van der Waals surface area contributed by atoms with Crippen LogP contribution in [0, 0.1) is 0 Å². The number of allylic oxidation sites excluding steroid dienone is 3. The Hall–Kier alpha value is -1.66. The van der Waals surface area contributed by atoms with Crippen molar-refractivity contribution in [3.8, 4) is 0 Å². The summed E-state index contributed by atoms with van der Waals surface area (Å²) in [5.41, 5.74) is 0. The van der Waals surface area contributed by atoms with Crippen LogP contribution in [0.2, 0.25) is 0 Å². The summed E-state index contributed by atoms with van der Waals surface area (Å²) >= 11 is 0. The first kappa shape index (κ1) is 89.3. The molecule has 0 radical (unpaired) electrons. The van der Waals surface area contributed by atoms with Crippen molar-refractivity contribution >= 4 is 11.9 Å². The van der Waals surface area contributed by atoms with Crippen LogP contribution >= 0.6 is 0 Å². The van der Waals surface area contributed by atoms with E-state index >= 15 is 0 Å². The number of hydrogen-bond acceptors (Lipinski definition) is 5. The number of rotatable bonds is 80. The van der Waals surface area contributed by atoms with Crippen LogP contribution in [0.25, 0.3) is 0 Å². The first-order chi connectivity index (χ1) is 45.0. The second-order valence-electron chi connectivity index (χ2n) is 29.2. The zero-order valence-electron chi connectivity index (χ0n) is 62.1. The number of hydrogen-bond donors (Lipinski definition) is 3. The van der Waals surface area contributed by atoms with E-state index in [4.69, 9.17) is 4.74 Å². The Morgan fingerprint density at radius 1 is 0.297 bits per heavy atom. The monoisotopic (exact) mass is 1280 g/mol. The number of aliphatic hydroxyl groups is 2. The fraction of sp³-hybridized carbons (Fsp3) is 0.929. The van der Waals surface area contributed by atoms with Gasteiger partial charge in [-0.05, 0) is 57.8 Å². The van der Waals surface area contributed by atoms with Crippen molar-refractivity contribution in [2.75, 3.05) is 13.2 Å². The zero-order valence-corrected chi connectivity index (χ0v) is 62.1. The Balaban J connectivity index is 3.33. The van der Waals surface area contributed by atoms with Crippen LogP contribution in [0.4, 0.5) is 0 Å². The summed E-state index contributed by atoms with van der Waals surface area (Å²) in [7, 11) is 0. The van der Waals surface area contributed by atoms with Crippen molar-refractivity contribution in [1.82, 2.24) is 5.32 Å². The second-order valence-corrected chi connectivity index (χ2v) is 29.2. The first-order valence-electron chi connectivity index (χ1n) is 42.1. The molecule has 0 aromatic carbocycles. The lowest BCUT2D eigenvalue weighted by Gasteiger charge is -2.20. The van der Waals surface area contributed by atoms with E-state index in [9.17, 15) is 19.8 Å². The number of ether oxygens (including phenoxy) is 1. The van der Waals surface area contributed by atoms with Gasteiger partial charge in [0.15, 0.2) is 0 Å². The molecule has 91 heavy (non-hydrogen) atoms. The zero-order chi connectivity index (χ0) is 65.6. The summed E-state index contributed by atoms with van der Waals surface area (Å²) in [5.74, 6) is -0.0325. The fourth-order valence-corrected chi connectivity index (χ4v) is 13.6. The van der Waals surface area contributed by atoms with Gasteiger partial charge in [-0.25, -0.2) is 0 Å². The van der Waals surface area contributed by atoms with Gasteiger partial charge in [-0.3, -0.25) is 9.59 Å². The van der Waals surface area contributed by atoms with Crippen LogP contribution < -0.4 is 5.32 Å². The summed E-state index contributed by atoms with van der Waals surface area (Å²) in [6.07, 6.45) is 105. The predicted molar refractivity (Wildman–Crippen MR) is 403 cm³/mol. The van der Waals surface area contributed by atoms with E-state index in [-0.39, 0.29) is 18.5 Å². The van der Waals surface area contributed by atoms with E-state index in [1.165, 1.54) is 417 Å². The van der Waals surface area contributed by atoms with Crippen molar-refractivity contribution < 1.29 is 24.5 Å². The summed E-state index contributed by atoms with van der Waals surface area (Å²) in [5, 5.41) is 23.3. The molecule has 2 atom stereocenters. The van der Waals surface area contributed by atoms with E-state index < -0.39 is 12.1 Å². The molecule has 0 aliphatic rings. The Morgan fingerprint density at radius 3 is 0.780 bits per heavy atom. The summed E-state index contributed by atoms with van der Waals surface area (Å²) < 4.78 is 5.51. The number of esters is 1. The van der Waals surface area contributed by atoms with Crippen molar-refractivity contribution in [1.29, 1.82) is 0 Å². The number of carbonyl (C=O) groups is 2. The van der Waals surface area contributed by atoms with Crippen molar-refractivity contribution in [2.24, 2.45) is 0 Å². The van der Waals surface area contributed by atoms with Gasteiger partial charge in [-0.15, -0.1) is 0 Å². The maximum atomic E-state index is 12.5. The molecule has 0 bridgehead atoms. The lowest BCUT2D eigenvalue weighted by atomic mass is 10.0. The Bertz CT molecular complexity index is 1430. The van der Waals surface area contributed by atoms with Crippen molar-refractivity contribution in [2.45, 2.75) is 495 Å². The lowest BCUT2D eigenvalue weighted by molar-refractivity contribution is -0.143. The molecule has 6 nitrogen and oxygen atoms in total. The molecular formula is C85H165NO5. The summed E-state index contributed by atoms with van der Waals surface area (Å²) in [6, 6.07) is -0.625. The van der Waals surface area contributed by atoms with Gasteiger partial charge in [-0.2, -0.15) is 0 Å². The molecule has 0 aliphatic carbocycles. The van der Waals surface area contributed by atoms with Crippen LogP contribution in [-0.4, -0.2) is 47.4 Å². The van der Waals surface area contributed by atoms with Gasteiger partial charge in [0.2, 0.25) is 5.91 Å². The van der Waals surface area contributed by atoms with Crippen LogP contribution in [0.15, 0.2) is 24.3 Å². The molecule has 0 saturated heterocycles. The van der Waals surface area contributed by atoms with E-state index in [1.54, 1.807) is 6.08 Å². The maximum Gasteiger partial charge on any atom is 0.305 e. The number of unbranched alkanes of at least 4 members (excludes halogenated alkanes) is 67. The van der Waals surface area contributed by atoms with Crippen LogP contribution in [0.3, 0.4) is 0 Å². The second kappa shape index (κ2) is 80.8. The summed E-state index contributed by atoms with van der Waals surface area (Å²) in [6.45, 7) is 4.97. The Kier molecular flexibility index (Phi) is 79.3. The molecule has 2 unspecified atom stereocenters. The Morgan fingerprint density at radius 2 is 0.516 bits per heavy atom. The van der Waals surface area contributed by atoms with E-state index in [1.807, 2.05) is 6.08 Å². The standard InChI is InChI=1S/C85H165NO5/c1-3-5-7-9-11-13-15-17-19-20-21-43-46-50-53-57-61-65-69-73-77-83(88)82(81-87)86-84(89)78-74-70-66-62-58-54-51-47-44-41-39-37-35-33-31-29-27-25-23-22-24-26-28-30-32-34-36-38-40-42-45-48-52-56-60-64-68-72-76-80-91-85(90)79-75-71-67-63-59-55-49-18-16-14-12-10-8-6-4-2/h22-23,73,77,82-83,87-88H,3-21,24-72,74-76,78-81H2,1-2H3,(H,86,89)/b23-22-,77-73+. The molecule has 0 rings (SSSR count). The molecule has 0 aromatic rings. The van der Waals surface area contributed by atoms with E-state index in [0.29, 0.717) is 19.4 Å². The molecule has 0 aliphatic heterocycles. The van der Waals surface area contributed by atoms with Gasteiger partial charge in [-0.1, -0.05) is 436 Å². The lowest BCUT2D eigenvalue weighted by Crippen LogP contribution is -2.45. The number of nitrogens with one attached hydrogen (secondary N) is 1. The molecule has 0 spiro atoms. The molecule has 540 valence electrons. The van der Waals surface area contributed by atoms with Gasteiger partial charge in [0.25, 0.3) is 0 Å². The van der Waals surface area contributed by atoms with Gasteiger partial charge < -0.3 is 20.3 Å². The maximum absolute atomic E-state index is 12.5. The molecule has 6 heteroatoms. The minimum absolute atomic E-state index is 0.0263. The summed E-state index contributed by atoms with van der Waals surface area (Å²) in [4.78, 5) is 24.6. The van der Waals surface area contributed by atoms with Crippen LogP contribution in [0.1, 0.15) is 483 Å². The van der Waals surface area contributed by atoms with Gasteiger partial charge >= 0.3 is 5.97 Å². The van der Waals surface area contributed by atoms with Gasteiger partial charge in [0.1, 0.15) is 0 Å². The molecule has 3 N–H and O–H groups in total. The van der Waals surface area contributed by atoms with Gasteiger partial charge in [0, 0.05) is 12.8 Å². The van der Waals surface area contributed by atoms with Crippen molar-refractivity contribution in [3.05, 3.63) is 24.3 Å². The molecule has 1 amide bonds. The third kappa shape index (κ3) is 77.2. The minimum atomic E-state index is -0.842. The van der Waals surface area contributed by atoms with Gasteiger partial charge in [0.05, 0.1) is 25.4 Å². The minimum Gasteiger partial charge on any atom is -0.466 e.